The minimum Gasteiger partial charge on any atom is -0.493 e. The molecule has 0 atom stereocenters. The van der Waals surface area contributed by atoms with Gasteiger partial charge < -0.3 is 9.47 Å². The van der Waals surface area contributed by atoms with E-state index in [1.165, 1.54) is 3.57 Å². The molecule has 0 saturated carbocycles. The summed E-state index contributed by atoms with van der Waals surface area (Å²) in [4.78, 5) is 12.1. The molecule has 2 aromatic carbocycles. The molecule has 0 bridgehead atoms. The van der Waals surface area contributed by atoms with Gasteiger partial charge in [-0.3, -0.25) is 4.79 Å². The number of benzene rings is 2. The Labute approximate surface area is 138 Å². The minimum atomic E-state index is 0.184. The molecular formula is C17H17IO3. The van der Waals surface area contributed by atoms with E-state index in [0.29, 0.717) is 24.3 Å². The maximum absolute atomic E-state index is 12.1. The van der Waals surface area contributed by atoms with E-state index in [4.69, 9.17) is 9.47 Å². The lowest BCUT2D eigenvalue weighted by molar-refractivity contribution is -0.117. The van der Waals surface area contributed by atoms with Crippen molar-refractivity contribution in [2.75, 3.05) is 14.2 Å². The van der Waals surface area contributed by atoms with Gasteiger partial charge in [0.05, 0.1) is 14.2 Å². The molecule has 0 aliphatic carbocycles. The van der Waals surface area contributed by atoms with Gasteiger partial charge in [-0.15, -0.1) is 0 Å². The average molecular weight is 396 g/mol. The van der Waals surface area contributed by atoms with Crippen molar-refractivity contribution in [3.63, 3.8) is 0 Å². The van der Waals surface area contributed by atoms with Crippen molar-refractivity contribution in [2.45, 2.75) is 12.8 Å². The van der Waals surface area contributed by atoms with Crippen LogP contribution in [0.2, 0.25) is 0 Å². The summed E-state index contributed by atoms with van der Waals surface area (Å²) in [5.74, 6) is 1.51. The van der Waals surface area contributed by atoms with Crippen LogP contribution in [0.3, 0.4) is 0 Å². The van der Waals surface area contributed by atoms with Gasteiger partial charge in [0, 0.05) is 16.4 Å². The molecule has 0 spiro atoms. The molecule has 21 heavy (non-hydrogen) atoms. The molecule has 0 fully saturated rings. The van der Waals surface area contributed by atoms with Gasteiger partial charge in [0.15, 0.2) is 11.5 Å². The number of methoxy groups -OCH3 is 2. The third-order valence-corrected chi connectivity index (χ3v) is 3.88. The number of ketones is 1. The summed E-state index contributed by atoms with van der Waals surface area (Å²) in [5.41, 5.74) is 1.98. The van der Waals surface area contributed by atoms with Crippen LogP contribution in [0.4, 0.5) is 0 Å². The molecule has 0 radical (unpaired) electrons. The van der Waals surface area contributed by atoms with Gasteiger partial charge in [0.25, 0.3) is 0 Å². The SMILES string of the molecule is COc1ccc(CC(=O)Cc2ccc(I)cc2)cc1OC. The first-order chi connectivity index (χ1) is 10.1. The Kier molecular flexibility index (Phi) is 5.61. The van der Waals surface area contributed by atoms with Crippen LogP contribution in [0.15, 0.2) is 42.5 Å². The fourth-order valence-electron chi connectivity index (χ4n) is 2.11. The van der Waals surface area contributed by atoms with Crippen molar-refractivity contribution < 1.29 is 14.3 Å². The number of hydrogen-bond donors (Lipinski definition) is 0. The molecule has 2 aromatic rings. The van der Waals surface area contributed by atoms with Crippen LogP contribution in [0.1, 0.15) is 11.1 Å². The molecule has 0 aromatic heterocycles. The van der Waals surface area contributed by atoms with Crippen LogP contribution >= 0.6 is 22.6 Å². The van der Waals surface area contributed by atoms with Gasteiger partial charge in [-0.05, 0) is 58.0 Å². The van der Waals surface area contributed by atoms with Gasteiger partial charge in [-0.25, -0.2) is 0 Å². The van der Waals surface area contributed by atoms with Crippen molar-refractivity contribution in [3.05, 3.63) is 57.2 Å². The second-order valence-corrected chi connectivity index (χ2v) is 5.95. The minimum absolute atomic E-state index is 0.184. The molecule has 0 N–H and O–H groups in total. The smallest absolute Gasteiger partial charge is 0.161 e. The van der Waals surface area contributed by atoms with Crippen LogP contribution in [-0.2, 0) is 17.6 Å². The molecule has 0 unspecified atom stereocenters. The standard InChI is InChI=1S/C17H17IO3/c1-20-16-8-5-13(11-17(16)21-2)10-15(19)9-12-3-6-14(18)7-4-12/h3-8,11H,9-10H2,1-2H3. The van der Waals surface area contributed by atoms with Gasteiger partial charge in [0.1, 0.15) is 5.78 Å². The van der Waals surface area contributed by atoms with Crippen molar-refractivity contribution in [1.82, 2.24) is 0 Å². The van der Waals surface area contributed by atoms with Gasteiger partial charge in [-0.2, -0.15) is 0 Å². The van der Waals surface area contributed by atoms with E-state index in [1.807, 2.05) is 42.5 Å². The number of ether oxygens (including phenoxy) is 2. The van der Waals surface area contributed by atoms with E-state index in [0.717, 1.165) is 11.1 Å². The molecule has 2 rings (SSSR count). The highest BCUT2D eigenvalue weighted by atomic mass is 127. The van der Waals surface area contributed by atoms with Crippen molar-refractivity contribution in [3.8, 4) is 11.5 Å². The Morgan fingerprint density at radius 1 is 0.905 bits per heavy atom. The second-order valence-electron chi connectivity index (χ2n) is 4.71. The lowest BCUT2D eigenvalue weighted by Gasteiger charge is -2.09. The lowest BCUT2D eigenvalue weighted by atomic mass is 10.0. The third-order valence-electron chi connectivity index (χ3n) is 3.16. The van der Waals surface area contributed by atoms with Crippen LogP contribution in [0.25, 0.3) is 0 Å². The van der Waals surface area contributed by atoms with Crippen LogP contribution < -0.4 is 9.47 Å². The molecule has 0 saturated heterocycles. The first-order valence-corrected chi connectivity index (χ1v) is 7.67. The predicted molar refractivity (Wildman–Crippen MR) is 91.1 cm³/mol. The molecule has 0 amide bonds. The van der Waals surface area contributed by atoms with Crippen molar-refractivity contribution >= 4 is 28.4 Å². The van der Waals surface area contributed by atoms with Crippen LogP contribution in [-0.4, -0.2) is 20.0 Å². The van der Waals surface area contributed by atoms with E-state index in [2.05, 4.69) is 22.6 Å². The zero-order valence-corrected chi connectivity index (χ0v) is 14.2. The average Bonchev–Trinajstić information content (AvgIpc) is 2.49. The fraction of sp³-hybridized carbons (Fsp3) is 0.235. The predicted octanol–water partition coefficient (Wildman–Crippen LogP) is 3.66. The Hall–Kier alpha value is -1.56. The molecule has 0 aliphatic heterocycles. The Balaban J connectivity index is 2.04. The highest BCUT2D eigenvalue weighted by molar-refractivity contribution is 14.1. The molecule has 3 nitrogen and oxygen atoms in total. The summed E-state index contributed by atoms with van der Waals surface area (Å²) in [6.45, 7) is 0. The summed E-state index contributed by atoms with van der Waals surface area (Å²) >= 11 is 2.25. The number of hydrogen-bond acceptors (Lipinski definition) is 3. The van der Waals surface area contributed by atoms with E-state index in [1.54, 1.807) is 14.2 Å². The summed E-state index contributed by atoms with van der Waals surface area (Å²) in [6, 6.07) is 13.6. The maximum Gasteiger partial charge on any atom is 0.161 e. The summed E-state index contributed by atoms with van der Waals surface area (Å²) in [7, 11) is 3.19. The summed E-state index contributed by atoms with van der Waals surface area (Å²) in [5, 5.41) is 0. The number of carbonyl (C=O) groups is 1. The molecular weight excluding hydrogens is 379 g/mol. The highest BCUT2D eigenvalue weighted by Gasteiger charge is 2.09. The van der Waals surface area contributed by atoms with Crippen LogP contribution in [0, 0.1) is 3.57 Å². The Morgan fingerprint density at radius 2 is 1.48 bits per heavy atom. The highest BCUT2D eigenvalue weighted by Crippen LogP contribution is 2.27. The maximum atomic E-state index is 12.1. The van der Waals surface area contributed by atoms with E-state index >= 15 is 0 Å². The number of halogens is 1. The van der Waals surface area contributed by atoms with E-state index in [9.17, 15) is 4.79 Å². The Morgan fingerprint density at radius 3 is 2.10 bits per heavy atom. The molecule has 0 heterocycles. The van der Waals surface area contributed by atoms with Crippen molar-refractivity contribution in [1.29, 1.82) is 0 Å². The van der Waals surface area contributed by atoms with Gasteiger partial charge >= 0.3 is 0 Å². The number of carbonyl (C=O) groups excluding carboxylic acids is 1. The van der Waals surface area contributed by atoms with E-state index in [-0.39, 0.29) is 5.78 Å². The largest absolute Gasteiger partial charge is 0.493 e. The normalized spacial score (nSPS) is 10.2. The fourth-order valence-corrected chi connectivity index (χ4v) is 2.47. The summed E-state index contributed by atoms with van der Waals surface area (Å²) < 4.78 is 11.6. The Bertz CT molecular complexity index is 620. The topological polar surface area (TPSA) is 35.5 Å². The van der Waals surface area contributed by atoms with Crippen LogP contribution in [0.5, 0.6) is 11.5 Å². The van der Waals surface area contributed by atoms with Gasteiger partial charge in [0.2, 0.25) is 0 Å². The second kappa shape index (κ2) is 7.45. The quantitative estimate of drug-likeness (QED) is 0.700. The molecule has 0 aliphatic rings. The monoisotopic (exact) mass is 396 g/mol. The lowest BCUT2D eigenvalue weighted by Crippen LogP contribution is -2.07. The first-order valence-electron chi connectivity index (χ1n) is 6.59. The zero-order chi connectivity index (χ0) is 15.2. The third kappa shape index (κ3) is 4.46. The molecule has 110 valence electrons. The zero-order valence-electron chi connectivity index (χ0n) is 12.1. The van der Waals surface area contributed by atoms with E-state index < -0.39 is 0 Å². The van der Waals surface area contributed by atoms with Crippen molar-refractivity contribution in [2.24, 2.45) is 0 Å². The summed E-state index contributed by atoms with van der Waals surface area (Å²) in [6.07, 6.45) is 0.845. The first kappa shape index (κ1) is 15.8. The van der Waals surface area contributed by atoms with Gasteiger partial charge in [-0.1, -0.05) is 18.2 Å². The molecule has 4 heteroatoms. The number of Topliss-reactive ketones (excluding diaryl/α,β-unsaturated/α-hetero) is 1. The number of rotatable bonds is 6.